The van der Waals surface area contributed by atoms with Crippen molar-refractivity contribution in [2.75, 3.05) is 11.9 Å². The van der Waals surface area contributed by atoms with Crippen LogP contribution in [-0.4, -0.2) is 12.5 Å². The summed E-state index contributed by atoms with van der Waals surface area (Å²) in [6.45, 7) is 2.43. The maximum Gasteiger partial charge on any atom is 0.224 e. The number of benzene rings is 1. The first-order chi connectivity index (χ1) is 7.93. The molecule has 3 nitrogen and oxygen atoms in total. The second kappa shape index (κ2) is 6.73. The molecule has 0 saturated heterocycles. The SMILES string of the molecule is CC(CN)CC(=O)Nc1c(Br)cc(Cl)cc1Br. The lowest BCUT2D eigenvalue weighted by Crippen LogP contribution is -2.20. The molecule has 0 radical (unpaired) electrons. The second-order valence-electron chi connectivity index (χ2n) is 3.84. The van der Waals surface area contributed by atoms with Gasteiger partial charge in [-0.3, -0.25) is 4.79 Å². The van der Waals surface area contributed by atoms with E-state index < -0.39 is 0 Å². The molecular formula is C11H13Br2ClN2O. The van der Waals surface area contributed by atoms with Gasteiger partial charge in [0.05, 0.1) is 5.69 Å². The van der Waals surface area contributed by atoms with Crippen molar-refractivity contribution < 1.29 is 4.79 Å². The zero-order valence-electron chi connectivity index (χ0n) is 9.27. The highest BCUT2D eigenvalue weighted by Crippen LogP contribution is 2.34. The van der Waals surface area contributed by atoms with Gasteiger partial charge in [-0.25, -0.2) is 0 Å². The fourth-order valence-electron chi connectivity index (χ4n) is 1.25. The number of anilines is 1. The monoisotopic (exact) mass is 382 g/mol. The minimum Gasteiger partial charge on any atom is -0.330 e. The van der Waals surface area contributed by atoms with Gasteiger partial charge in [-0.1, -0.05) is 18.5 Å². The third kappa shape index (κ3) is 4.58. The summed E-state index contributed by atoms with van der Waals surface area (Å²) >= 11 is 12.6. The van der Waals surface area contributed by atoms with E-state index >= 15 is 0 Å². The summed E-state index contributed by atoms with van der Waals surface area (Å²) < 4.78 is 1.48. The molecule has 0 saturated carbocycles. The van der Waals surface area contributed by atoms with E-state index in [0.29, 0.717) is 23.7 Å². The fourth-order valence-corrected chi connectivity index (χ4v) is 3.12. The smallest absolute Gasteiger partial charge is 0.224 e. The third-order valence-electron chi connectivity index (χ3n) is 2.21. The predicted octanol–water partition coefficient (Wildman–Crippen LogP) is 3.79. The summed E-state index contributed by atoms with van der Waals surface area (Å²) in [5, 5.41) is 3.42. The molecule has 3 N–H and O–H groups in total. The van der Waals surface area contributed by atoms with Crippen molar-refractivity contribution >= 4 is 55.1 Å². The van der Waals surface area contributed by atoms with Crippen LogP contribution in [0.1, 0.15) is 13.3 Å². The Balaban J connectivity index is 2.78. The molecule has 1 unspecified atom stereocenters. The van der Waals surface area contributed by atoms with Gasteiger partial charge in [0, 0.05) is 20.4 Å². The lowest BCUT2D eigenvalue weighted by atomic mass is 10.1. The van der Waals surface area contributed by atoms with Crippen LogP contribution in [0.5, 0.6) is 0 Å². The van der Waals surface area contributed by atoms with Crippen LogP contribution in [0.2, 0.25) is 5.02 Å². The number of halogens is 3. The lowest BCUT2D eigenvalue weighted by Gasteiger charge is -2.12. The van der Waals surface area contributed by atoms with Crippen molar-refractivity contribution in [1.29, 1.82) is 0 Å². The Kier molecular flexibility index (Phi) is 5.92. The van der Waals surface area contributed by atoms with Crippen LogP contribution < -0.4 is 11.1 Å². The van der Waals surface area contributed by atoms with Gasteiger partial charge in [-0.2, -0.15) is 0 Å². The van der Waals surface area contributed by atoms with Crippen molar-refractivity contribution in [3.63, 3.8) is 0 Å². The molecule has 1 aromatic carbocycles. The van der Waals surface area contributed by atoms with E-state index in [2.05, 4.69) is 37.2 Å². The predicted molar refractivity (Wildman–Crippen MR) is 78.3 cm³/mol. The van der Waals surface area contributed by atoms with E-state index in [1.54, 1.807) is 12.1 Å². The molecule has 6 heteroatoms. The first-order valence-electron chi connectivity index (χ1n) is 5.08. The molecule has 0 spiro atoms. The summed E-state index contributed by atoms with van der Waals surface area (Å²) in [6.07, 6.45) is 0.401. The quantitative estimate of drug-likeness (QED) is 0.830. The normalized spacial score (nSPS) is 12.3. The van der Waals surface area contributed by atoms with Crippen LogP contribution in [0.4, 0.5) is 5.69 Å². The van der Waals surface area contributed by atoms with E-state index in [1.165, 1.54) is 0 Å². The Morgan fingerprint density at radius 3 is 2.47 bits per heavy atom. The average Bonchev–Trinajstić information content (AvgIpc) is 2.23. The fraction of sp³-hybridized carbons (Fsp3) is 0.364. The Morgan fingerprint density at radius 2 is 2.00 bits per heavy atom. The van der Waals surface area contributed by atoms with E-state index in [-0.39, 0.29) is 11.8 Å². The Labute approximate surface area is 122 Å². The Bertz CT molecular complexity index is 403. The van der Waals surface area contributed by atoms with Crippen LogP contribution in [-0.2, 0) is 4.79 Å². The van der Waals surface area contributed by atoms with Crippen LogP contribution in [0.25, 0.3) is 0 Å². The van der Waals surface area contributed by atoms with Crippen LogP contribution in [0.3, 0.4) is 0 Å². The largest absolute Gasteiger partial charge is 0.330 e. The third-order valence-corrected chi connectivity index (χ3v) is 3.68. The summed E-state index contributed by atoms with van der Waals surface area (Å²) in [7, 11) is 0. The molecule has 1 aromatic rings. The van der Waals surface area contributed by atoms with Gasteiger partial charge in [0.1, 0.15) is 0 Å². The lowest BCUT2D eigenvalue weighted by molar-refractivity contribution is -0.116. The number of nitrogens with two attached hydrogens (primary N) is 1. The summed E-state index contributed by atoms with van der Waals surface area (Å²) in [5.74, 6) is 0.103. The Hall–Kier alpha value is -0.100. The van der Waals surface area contributed by atoms with Gasteiger partial charge in [-0.05, 0) is 56.5 Å². The number of carbonyl (C=O) groups is 1. The topological polar surface area (TPSA) is 55.1 Å². The average molecular weight is 384 g/mol. The minimum absolute atomic E-state index is 0.0633. The van der Waals surface area contributed by atoms with Crippen molar-refractivity contribution in [3.05, 3.63) is 26.1 Å². The highest BCUT2D eigenvalue weighted by atomic mass is 79.9. The number of hydrogen-bond acceptors (Lipinski definition) is 2. The van der Waals surface area contributed by atoms with Gasteiger partial charge in [0.15, 0.2) is 0 Å². The second-order valence-corrected chi connectivity index (χ2v) is 5.98. The molecule has 0 aliphatic carbocycles. The summed E-state index contributed by atoms with van der Waals surface area (Å²) in [5.41, 5.74) is 6.16. The van der Waals surface area contributed by atoms with Crippen molar-refractivity contribution in [3.8, 4) is 0 Å². The van der Waals surface area contributed by atoms with Crippen LogP contribution in [0.15, 0.2) is 21.1 Å². The maximum atomic E-state index is 11.7. The van der Waals surface area contributed by atoms with Gasteiger partial charge in [-0.15, -0.1) is 0 Å². The molecular weight excluding hydrogens is 371 g/mol. The molecule has 17 heavy (non-hydrogen) atoms. The van der Waals surface area contributed by atoms with E-state index in [0.717, 1.165) is 8.95 Å². The molecule has 94 valence electrons. The molecule has 0 bridgehead atoms. The van der Waals surface area contributed by atoms with E-state index in [4.69, 9.17) is 17.3 Å². The number of rotatable bonds is 4. The molecule has 0 fully saturated rings. The Morgan fingerprint density at radius 1 is 1.47 bits per heavy atom. The molecule has 0 aliphatic heterocycles. The molecule has 1 rings (SSSR count). The van der Waals surface area contributed by atoms with Gasteiger partial charge in [0.2, 0.25) is 5.91 Å². The highest BCUT2D eigenvalue weighted by molar-refractivity contribution is 9.11. The highest BCUT2D eigenvalue weighted by Gasteiger charge is 2.12. The summed E-state index contributed by atoms with van der Waals surface area (Å²) in [6, 6.07) is 3.46. The first-order valence-corrected chi connectivity index (χ1v) is 7.05. The number of amides is 1. The van der Waals surface area contributed by atoms with Crippen LogP contribution in [0, 0.1) is 5.92 Å². The maximum absolute atomic E-state index is 11.7. The van der Waals surface area contributed by atoms with Crippen molar-refractivity contribution in [2.45, 2.75) is 13.3 Å². The van der Waals surface area contributed by atoms with Gasteiger partial charge >= 0.3 is 0 Å². The van der Waals surface area contributed by atoms with Gasteiger partial charge in [0.25, 0.3) is 0 Å². The number of carbonyl (C=O) groups excluding carboxylic acids is 1. The number of hydrogen-bond donors (Lipinski definition) is 2. The van der Waals surface area contributed by atoms with E-state index in [1.807, 2.05) is 6.92 Å². The number of nitrogens with one attached hydrogen (secondary N) is 1. The van der Waals surface area contributed by atoms with Crippen LogP contribution >= 0.6 is 43.5 Å². The van der Waals surface area contributed by atoms with Gasteiger partial charge < -0.3 is 11.1 Å². The van der Waals surface area contributed by atoms with E-state index in [9.17, 15) is 4.79 Å². The zero-order chi connectivity index (χ0) is 13.0. The summed E-state index contributed by atoms with van der Waals surface area (Å²) in [4.78, 5) is 11.7. The minimum atomic E-state index is -0.0633. The molecule has 1 atom stereocenters. The molecule has 0 aromatic heterocycles. The molecule has 1 amide bonds. The molecule has 0 heterocycles. The zero-order valence-corrected chi connectivity index (χ0v) is 13.2. The van der Waals surface area contributed by atoms with Crippen molar-refractivity contribution in [1.82, 2.24) is 0 Å². The van der Waals surface area contributed by atoms with Crippen molar-refractivity contribution in [2.24, 2.45) is 11.7 Å². The molecule has 0 aliphatic rings. The first kappa shape index (κ1) is 15.0. The standard InChI is InChI=1S/C11H13Br2ClN2O/c1-6(5-15)2-10(17)16-11-8(12)3-7(14)4-9(11)13/h3-4,6H,2,5,15H2,1H3,(H,16,17).